The molecule has 0 bridgehead atoms. The molecule has 0 aliphatic heterocycles. The van der Waals surface area contributed by atoms with Crippen LogP contribution in [0.4, 0.5) is 0 Å². The summed E-state index contributed by atoms with van der Waals surface area (Å²) in [5.41, 5.74) is 11.2. The second kappa shape index (κ2) is 50.9. The van der Waals surface area contributed by atoms with Crippen molar-refractivity contribution in [3.63, 3.8) is 0 Å². The van der Waals surface area contributed by atoms with Gasteiger partial charge in [0, 0.05) is 43.6 Å². The van der Waals surface area contributed by atoms with Crippen molar-refractivity contribution >= 4 is 43.6 Å². The highest BCUT2D eigenvalue weighted by Crippen LogP contribution is 2.34. The van der Waals surface area contributed by atoms with Crippen molar-refractivity contribution in [1.29, 1.82) is 0 Å². The van der Waals surface area contributed by atoms with Crippen LogP contribution in [0.25, 0.3) is 43.6 Å². The molecule has 4 aromatic carbocycles. The Kier molecular flexibility index (Phi) is 42.4. The summed E-state index contributed by atoms with van der Waals surface area (Å²) in [7, 11) is 0. The molecule has 0 radical (unpaired) electrons. The average Bonchev–Trinajstić information content (AvgIpc) is 1.62. The Labute approximate surface area is 568 Å². The van der Waals surface area contributed by atoms with Gasteiger partial charge >= 0.3 is 0 Å². The van der Waals surface area contributed by atoms with E-state index >= 15 is 0 Å². The quantitative estimate of drug-likeness (QED) is 0.0266. The largest absolute Gasteiger partial charge is 0.329 e. The normalized spacial score (nSPS) is 11.7. The topological polar surface area (TPSA) is 9.86 Å². The second-order valence-corrected chi connectivity index (χ2v) is 29.2. The molecule has 0 saturated heterocycles. The number of nitrogens with zero attached hydrogens (tertiary/aromatic N) is 2. The number of hydrogen-bond acceptors (Lipinski definition) is 0. The number of fused-ring (bicyclic) bond motifs is 6. The molecule has 2 nitrogen and oxygen atoms in total. The van der Waals surface area contributed by atoms with Gasteiger partial charge in [0.05, 0.1) is 13.1 Å². The molecule has 2 heteroatoms. The molecule has 92 heavy (non-hydrogen) atoms. The first-order valence-corrected chi connectivity index (χ1v) is 40.7. The lowest BCUT2D eigenvalue weighted by atomic mass is 10.0. The first kappa shape index (κ1) is 76.6. The van der Waals surface area contributed by atoms with E-state index in [4.69, 9.17) is 0 Å². The third kappa shape index (κ3) is 31.0. The minimum absolute atomic E-state index is 0.643. The Hall–Kier alpha value is -4.40. The van der Waals surface area contributed by atoms with Crippen LogP contribution in [0.1, 0.15) is 384 Å². The Bertz CT molecular complexity index is 2560. The van der Waals surface area contributed by atoms with Gasteiger partial charge in [-0.15, -0.1) is 0 Å². The standard InChI is InChI=1S/C90H140N2/c1-5-9-13-17-21-25-29-33-37-41-45-49-55-61-79-65-69-87-83(75-79)84-76-80(62-56-50-46-42-38-34-30-26-22-18-14-10-6-2)66-70-88(84)91(87)73-59-53-54-60-74-92-89-71-67-81(63-57-51-47-43-39-35-31-27-23-19-15-11-7-3)77-85(89)86-78-82(68-72-90(86)92)64-58-52-48-44-40-36-32-28-24-20-16-12-8-4/h65-72,75-78H,5-52,55-58,61-64,73-74H2,1-4H3. The van der Waals surface area contributed by atoms with Crippen molar-refractivity contribution in [3.8, 4) is 23.7 Å². The van der Waals surface area contributed by atoms with Crippen LogP contribution in [-0.4, -0.2) is 9.13 Å². The Balaban J connectivity index is 1.07. The van der Waals surface area contributed by atoms with Gasteiger partial charge in [0.1, 0.15) is 0 Å². The van der Waals surface area contributed by atoms with E-state index in [1.165, 1.54) is 425 Å². The van der Waals surface area contributed by atoms with Crippen LogP contribution in [0.3, 0.4) is 0 Å². The molecule has 510 valence electrons. The van der Waals surface area contributed by atoms with E-state index < -0.39 is 0 Å². The molecule has 0 spiro atoms. The maximum atomic E-state index is 3.56. The zero-order valence-electron chi connectivity index (χ0n) is 60.8. The number of hydrogen-bond donors (Lipinski definition) is 0. The summed E-state index contributed by atoms with van der Waals surface area (Å²) in [6.07, 6.45) is 77.4. The van der Waals surface area contributed by atoms with E-state index in [1.807, 2.05) is 0 Å². The lowest BCUT2D eigenvalue weighted by Crippen LogP contribution is -1.96. The Morgan fingerprint density at radius 2 is 0.370 bits per heavy atom. The van der Waals surface area contributed by atoms with Gasteiger partial charge in [-0.05, 0) is 134 Å². The molecule has 0 aliphatic rings. The zero-order valence-corrected chi connectivity index (χ0v) is 60.8. The minimum atomic E-state index is 0.643. The molecule has 0 unspecified atom stereocenters. The lowest BCUT2D eigenvalue weighted by Gasteiger charge is -2.06. The van der Waals surface area contributed by atoms with E-state index in [-0.39, 0.29) is 0 Å². The molecule has 0 amide bonds. The third-order valence-electron chi connectivity index (χ3n) is 21.0. The van der Waals surface area contributed by atoms with Gasteiger partial charge in [-0.1, -0.05) is 372 Å². The van der Waals surface area contributed by atoms with Crippen LogP contribution < -0.4 is 0 Å². The summed E-state index contributed by atoms with van der Waals surface area (Å²) in [5, 5.41) is 5.61. The fourth-order valence-electron chi connectivity index (χ4n) is 15.1. The maximum absolute atomic E-state index is 3.56. The molecule has 0 atom stereocenters. The first-order valence-electron chi connectivity index (χ1n) is 40.7. The van der Waals surface area contributed by atoms with Crippen LogP contribution in [0.5, 0.6) is 0 Å². The van der Waals surface area contributed by atoms with Gasteiger partial charge in [0.2, 0.25) is 0 Å². The Morgan fingerprint density at radius 1 is 0.207 bits per heavy atom. The van der Waals surface area contributed by atoms with E-state index in [0.717, 1.165) is 0 Å². The predicted molar refractivity (Wildman–Crippen MR) is 412 cm³/mol. The van der Waals surface area contributed by atoms with Crippen molar-refractivity contribution in [1.82, 2.24) is 9.13 Å². The van der Waals surface area contributed by atoms with E-state index in [2.05, 4.69) is 133 Å². The van der Waals surface area contributed by atoms with Crippen molar-refractivity contribution < 1.29 is 0 Å². The molecule has 0 saturated carbocycles. The lowest BCUT2D eigenvalue weighted by molar-refractivity contribution is 0.539. The molecule has 6 aromatic rings. The highest BCUT2D eigenvalue weighted by molar-refractivity contribution is 6.09. The van der Waals surface area contributed by atoms with Gasteiger partial charge in [-0.3, -0.25) is 0 Å². The van der Waals surface area contributed by atoms with Crippen LogP contribution in [0, 0.1) is 23.7 Å². The van der Waals surface area contributed by atoms with Crippen LogP contribution in [0.15, 0.2) is 72.8 Å². The van der Waals surface area contributed by atoms with E-state index in [1.54, 1.807) is 0 Å². The summed E-state index contributed by atoms with van der Waals surface area (Å²) in [6, 6.07) is 29.4. The summed E-state index contributed by atoms with van der Waals surface area (Å²) < 4.78 is 4.95. The molecule has 2 aromatic heterocycles. The van der Waals surface area contributed by atoms with E-state index in [9.17, 15) is 0 Å². The van der Waals surface area contributed by atoms with Gasteiger partial charge in [-0.25, -0.2) is 0 Å². The van der Waals surface area contributed by atoms with Crippen molar-refractivity contribution in [2.45, 2.75) is 400 Å². The fourth-order valence-corrected chi connectivity index (χ4v) is 15.1. The average molecular weight is 1250 g/mol. The third-order valence-corrected chi connectivity index (χ3v) is 21.0. The molecule has 2 heterocycles. The monoisotopic (exact) mass is 1250 g/mol. The van der Waals surface area contributed by atoms with E-state index in [0.29, 0.717) is 13.1 Å². The molecular weight excluding hydrogens is 1110 g/mol. The number of unbranched alkanes of at least 4 members (excludes halogenated alkanes) is 48. The summed E-state index contributed by atoms with van der Waals surface area (Å²) in [5.74, 6) is 13.8. The van der Waals surface area contributed by atoms with Crippen molar-refractivity contribution in [2.75, 3.05) is 0 Å². The number of aryl methyl sites for hydroxylation is 4. The molecule has 0 aliphatic carbocycles. The van der Waals surface area contributed by atoms with Crippen molar-refractivity contribution in [3.05, 3.63) is 95.1 Å². The smallest absolute Gasteiger partial charge is 0.0853 e. The Morgan fingerprint density at radius 3 is 0.543 bits per heavy atom. The minimum Gasteiger partial charge on any atom is -0.329 e. The highest BCUT2D eigenvalue weighted by atomic mass is 15.0. The number of benzene rings is 4. The number of rotatable bonds is 58. The predicted octanol–water partition coefficient (Wildman–Crippen LogP) is 29.1. The van der Waals surface area contributed by atoms with Crippen LogP contribution in [-0.2, 0) is 38.8 Å². The van der Waals surface area contributed by atoms with Gasteiger partial charge in [-0.2, -0.15) is 0 Å². The summed E-state index contributed by atoms with van der Waals surface area (Å²) >= 11 is 0. The van der Waals surface area contributed by atoms with Gasteiger partial charge in [0.25, 0.3) is 0 Å². The maximum Gasteiger partial charge on any atom is 0.0853 e. The summed E-state index contributed by atoms with van der Waals surface area (Å²) in [6.45, 7) is 10.5. The van der Waals surface area contributed by atoms with Gasteiger partial charge in [0.15, 0.2) is 0 Å². The van der Waals surface area contributed by atoms with Crippen LogP contribution in [0.2, 0.25) is 0 Å². The molecule has 0 fully saturated rings. The van der Waals surface area contributed by atoms with Gasteiger partial charge < -0.3 is 9.13 Å². The first-order chi connectivity index (χ1) is 45.6. The molecule has 6 rings (SSSR count). The molecule has 0 N–H and O–H groups in total. The highest BCUT2D eigenvalue weighted by Gasteiger charge is 2.15. The number of aromatic nitrogens is 2. The second-order valence-electron chi connectivity index (χ2n) is 29.2. The SMILES string of the molecule is CCCCCCCCCCCCCCCc1ccc2c(c1)c1cc(CCCCCCCCCCCCCCC)ccc1n2CC#CC#CCn1c2ccc(CCCCCCCCCCCCCCC)cc2c2cc(CCCCCCCCCCCCCCC)ccc21. The molecular formula is C90H140N2. The van der Waals surface area contributed by atoms with Crippen LogP contribution >= 0.6 is 0 Å². The zero-order chi connectivity index (χ0) is 64.4. The summed E-state index contributed by atoms with van der Waals surface area (Å²) in [4.78, 5) is 0. The van der Waals surface area contributed by atoms with Crippen molar-refractivity contribution in [2.24, 2.45) is 0 Å². The fraction of sp³-hybridized carbons (Fsp3) is 0.689.